The van der Waals surface area contributed by atoms with Crippen molar-refractivity contribution in [2.45, 2.75) is 313 Å². The number of carbonyl (C=O) groups is 1. The van der Waals surface area contributed by atoms with Gasteiger partial charge in [0.05, 0.1) is 25.4 Å². The number of hydrogen-bond acceptors (Lipinski definition) is 10. The van der Waals surface area contributed by atoms with Crippen LogP contribution in [0.15, 0.2) is 12.2 Å². The summed E-state index contributed by atoms with van der Waals surface area (Å²) in [6.45, 7) is 3.47. The van der Waals surface area contributed by atoms with Gasteiger partial charge in [-0.25, -0.2) is 0 Å². The van der Waals surface area contributed by atoms with Gasteiger partial charge in [0, 0.05) is 0 Å². The Kier molecular flexibility index (Phi) is 42.0. The molecule has 0 aromatic carbocycles. The molecule has 386 valence electrons. The highest BCUT2D eigenvalue weighted by molar-refractivity contribution is 5.80. The number of nitrogens with one attached hydrogen (secondary N) is 1. The molecule has 11 nitrogen and oxygen atoms in total. The van der Waals surface area contributed by atoms with Crippen LogP contribution < -0.4 is 5.32 Å². The summed E-state index contributed by atoms with van der Waals surface area (Å²) in [6, 6.07) is -1.17. The van der Waals surface area contributed by atoms with Crippen molar-refractivity contribution in [3.8, 4) is 0 Å². The maximum atomic E-state index is 13.1. The normalized spacial score (nSPS) is 20.9. The number of hydrogen-bond donors (Lipinski definition) is 8. The van der Waals surface area contributed by atoms with Gasteiger partial charge in [0.15, 0.2) is 6.29 Å². The van der Waals surface area contributed by atoms with Crippen LogP contribution >= 0.6 is 0 Å². The van der Waals surface area contributed by atoms with Crippen molar-refractivity contribution in [1.82, 2.24) is 5.32 Å². The van der Waals surface area contributed by atoms with E-state index in [4.69, 9.17) is 9.47 Å². The molecular formula is C54H105NO10. The van der Waals surface area contributed by atoms with E-state index < -0.39 is 74.2 Å². The Morgan fingerprint density at radius 3 is 1.29 bits per heavy atom. The third-order valence-electron chi connectivity index (χ3n) is 13.6. The monoisotopic (exact) mass is 928 g/mol. The van der Waals surface area contributed by atoms with Gasteiger partial charge >= 0.3 is 0 Å². The molecule has 0 bridgehead atoms. The molecule has 1 aliphatic heterocycles. The largest absolute Gasteiger partial charge is 0.394 e. The topological polar surface area (TPSA) is 189 Å². The van der Waals surface area contributed by atoms with Gasteiger partial charge in [-0.15, -0.1) is 0 Å². The summed E-state index contributed by atoms with van der Waals surface area (Å²) in [5, 5.41) is 76.0. The smallest absolute Gasteiger partial charge is 0.249 e. The van der Waals surface area contributed by atoms with Crippen LogP contribution in [0.4, 0.5) is 0 Å². The quantitative estimate of drug-likeness (QED) is 0.0215. The molecule has 1 rings (SSSR count). The first kappa shape index (κ1) is 61.9. The minimum atomic E-state index is -1.66. The molecule has 11 heteroatoms. The lowest BCUT2D eigenvalue weighted by molar-refractivity contribution is -0.303. The molecule has 0 saturated carbocycles. The van der Waals surface area contributed by atoms with Gasteiger partial charge in [0.2, 0.25) is 5.91 Å². The van der Waals surface area contributed by atoms with E-state index in [1.807, 2.05) is 0 Å². The van der Waals surface area contributed by atoms with Crippen molar-refractivity contribution in [2.24, 2.45) is 0 Å². The molecule has 0 aliphatic carbocycles. The SMILES string of the molecule is CCCCCCCCCCCCCC/C=C\CCCCCCCCCC(O)C(=O)NC(COC1OC(CO)C(O)C(O)C1O)C(O)C(O)CCCCCCCCCCCCCCCCC. The number of amides is 1. The van der Waals surface area contributed by atoms with Gasteiger partial charge < -0.3 is 50.5 Å². The first-order valence-electron chi connectivity index (χ1n) is 27.6. The molecule has 9 atom stereocenters. The van der Waals surface area contributed by atoms with Crippen molar-refractivity contribution >= 4 is 5.91 Å². The van der Waals surface area contributed by atoms with Crippen LogP contribution in [0.1, 0.15) is 258 Å². The lowest BCUT2D eigenvalue weighted by Gasteiger charge is -2.40. The molecule has 0 radical (unpaired) electrons. The zero-order valence-corrected chi connectivity index (χ0v) is 42.0. The van der Waals surface area contributed by atoms with Crippen LogP contribution in [-0.4, -0.2) is 110 Å². The van der Waals surface area contributed by atoms with Gasteiger partial charge in [-0.05, 0) is 38.5 Å². The molecule has 1 heterocycles. The van der Waals surface area contributed by atoms with Crippen molar-refractivity contribution in [2.75, 3.05) is 13.2 Å². The van der Waals surface area contributed by atoms with Gasteiger partial charge in [0.25, 0.3) is 0 Å². The first-order valence-corrected chi connectivity index (χ1v) is 27.6. The van der Waals surface area contributed by atoms with Crippen LogP contribution in [0.2, 0.25) is 0 Å². The van der Waals surface area contributed by atoms with E-state index in [0.29, 0.717) is 19.3 Å². The van der Waals surface area contributed by atoms with Crippen LogP contribution in [0, 0.1) is 0 Å². The Morgan fingerprint density at radius 2 is 0.892 bits per heavy atom. The zero-order chi connectivity index (χ0) is 47.6. The average molecular weight is 928 g/mol. The minimum Gasteiger partial charge on any atom is -0.394 e. The minimum absolute atomic E-state index is 0.258. The fourth-order valence-corrected chi connectivity index (χ4v) is 9.03. The third kappa shape index (κ3) is 33.1. The van der Waals surface area contributed by atoms with Gasteiger partial charge in [-0.3, -0.25) is 4.79 Å². The van der Waals surface area contributed by atoms with Crippen molar-refractivity contribution in [1.29, 1.82) is 0 Å². The van der Waals surface area contributed by atoms with E-state index in [-0.39, 0.29) is 6.42 Å². The predicted molar refractivity (Wildman–Crippen MR) is 266 cm³/mol. The highest BCUT2D eigenvalue weighted by Crippen LogP contribution is 2.23. The second kappa shape index (κ2) is 44.1. The average Bonchev–Trinajstić information content (AvgIpc) is 3.31. The van der Waals surface area contributed by atoms with E-state index in [0.717, 1.165) is 44.9 Å². The molecular weight excluding hydrogens is 823 g/mol. The molecule has 0 spiro atoms. The zero-order valence-electron chi connectivity index (χ0n) is 42.0. The number of unbranched alkanes of at least 4 members (excludes halogenated alkanes) is 33. The summed E-state index contributed by atoms with van der Waals surface area (Å²) in [6.07, 6.45) is 38.3. The second-order valence-electron chi connectivity index (χ2n) is 19.7. The Labute approximate surface area is 398 Å². The van der Waals surface area contributed by atoms with E-state index in [1.165, 1.54) is 173 Å². The maximum Gasteiger partial charge on any atom is 0.249 e. The lowest BCUT2D eigenvalue weighted by atomic mass is 9.98. The Bertz CT molecular complexity index is 1060. The summed E-state index contributed by atoms with van der Waals surface area (Å²) in [5.74, 6) is -0.697. The number of aliphatic hydroxyl groups is 7. The first-order chi connectivity index (χ1) is 31.7. The lowest BCUT2D eigenvalue weighted by Crippen LogP contribution is -2.60. The molecule has 0 aromatic rings. The van der Waals surface area contributed by atoms with Gasteiger partial charge in [-0.2, -0.15) is 0 Å². The van der Waals surface area contributed by atoms with Crippen molar-refractivity contribution < 1.29 is 50.0 Å². The summed E-state index contributed by atoms with van der Waals surface area (Å²) in [7, 11) is 0. The molecule has 1 fully saturated rings. The molecule has 8 N–H and O–H groups in total. The summed E-state index contributed by atoms with van der Waals surface area (Å²) >= 11 is 0. The third-order valence-corrected chi connectivity index (χ3v) is 13.6. The van der Waals surface area contributed by atoms with E-state index in [1.54, 1.807) is 0 Å². The summed E-state index contributed by atoms with van der Waals surface area (Å²) in [5.41, 5.74) is 0. The number of ether oxygens (including phenoxy) is 2. The number of rotatable bonds is 47. The highest BCUT2D eigenvalue weighted by Gasteiger charge is 2.44. The van der Waals surface area contributed by atoms with Crippen LogP contribution in [-0.2, 0) is 14.3 Å². The molecule has 1 saturated heterocycles. The van der Waals surface area contributed by atoms with Crippen LogP contribution in [0.3, 0.4) is 0 Å². The highest BCUT2D eigenvalue weighted by atomic mass is 16.7. The summed E-state index contributed by atoms with van der Waals surface area (Å²) in [4.78, 5) is 13.1. The Hall–Kier alpha value is -1.15. The predicted octanol–water partition coefficient (Wildman–Crippen LogP) is 10.8. The molecule has 9 unspecified atom stereocenters. The summed E-state index contributed by atoms with van der Waals surface area (Å²) < 4.78 is 11.1. The van der Waals surface area contributed by atoms with Crippen LogP contribution in [0.5, 0.6) is 0 Å². The van der Waals surface area contributed by atoms with E-state index >= 15 is 0 Å². The van der Waals surface area contributed by atoms with Crippen molar-refractivity contribution in [3.05, 3.63) is 12.2 Å². The molecule has 0 aromatic heterocycles. The molecule has 1 aliphatic rings. The fraction of sp³-hybridized carbons (Fsp3) is 0.944. The van der Waals surface area contributed by atoms with E-state index in [2.05, 4.69) is 31.3 Å². The maximum absolute atomic E-state index is 13.1. The standard InChI is InChI=1S/C54H105NO10/c1-3-5-7-9-11-13-15-17-19-20-21-22-23-24-25-26-28-30-32-34-36-38-40-42-47(58)53(63)55-45(44-64-54-52(62)51(61)50(60)48(43-56)65-54)49(59)46(57)41-39-37-35-33-31-29-27-18-16-14-12-10-8-6-4-2/h24-25,45-52,54,56-62H,3-23,26-44H2,1-2H3,(H,55,63)/b25-24-. The van der Waals surface area contributed by atoms with Gasteiger partial charge in [0.1, 0.15) is 36.6 Å². The van der Waals surface area contributed by atoms with Gasteiger partial charge in [-0.1, -0.05) is 231 Å². The number of aliphatic hydroxyl groups excluding tert-OH is 7. The molecule has 65 heavy (non-hydrogen) atoms. The van der Waals surface area contributed by atoms with Crippen molar-refractivity contribution in [3.63, 3.8) is 0 Å². The fourth-order valence-electron chi connectivity index (χ4n) is 9.03. The number of allylic oxidation sites excluding steroid dienone is 2. The van der Waals surface area contributed by atoms with Crippen LogP contribution in [0.25, 0.3) is 0 Å². The number of carbonyl (C=O) groups excluding carboxylic acids is 1. The second-order valence-corrected chi connectivity index (χ2v) is 19.7. The molecule has 1 amide bonds. The Balaban J connectivity index is 2.33. The Morgan fingerprint density at radius 1 is 0.523 bits per heavy atom. The van der Waals surface area contributed by atoms with E-state index in [9.17, 15) is 40.5 Å².